The van der Waals surface area contributed by atoms with Gasteiger partial charge in [0.15, 0.2) is 18.9 Å². The van der Waals surface area contributed by atoms with E-state index in [0.717, 1.165) is 0 Å². The second-order valence-electron chi connectivity index (χ2n) is 9.43. The molecule has 2 unspecified atom stereocenters. The summed E-state index contributed by atoms with van der Waals surface area (Å²) in [7, 11) is -4.59. The van der Waals surface area contributed by atoms with Crippen LogP contribution in [0.3, 0.4) is 0 Å². The van der Waals surface area contributed by atoms with Crippen LogP contribution in [0.5, 0.6) is 0 Å². The molecule has 4 saturated heterocycles. The molecule has 15 atom stereocenters. The highest BCUT2D eigenvalue weighted by atomic mass is 32.2. The molecule has 216 valence electrons. The van der Waals surface area contributed by atoms with Crippen molar-refractivity contribution in [2.24, 2.45) is 17.2 Å². The van der Waals surface area contributed by atoms with E-state index in [0.29, 0.717) is 0 Å². The molecule has 4 aliphatic rings. The van der Waals surface area contributed by atoms with Gasteiger partial charge in [0.05, 0.1) is 37.9 Å². The molecular formula is C18H33N3O15S. The van der Waals surface area contributed by atoms with Crippen molar-refractivity contribution in [3.63, 3.8) is 0 Å². The Morgan fingerprint density at radius 1 is 0.784 bits per heavy atom. The van der Waals surface area contributed by atoms with Crippen molar-refractivity contribution in [3.05, 3.63) is 0 Å². The molecule has 4 aliphatic heterocycles. The maximum absolute atomic E-state index is 12.3. The molecule has 0 spiro atoms. The van der Waals surface area contributed by atoms with Gasteiger partial charge in [0.2, 0.25) is 19.7 Å². The van der Waals surface area contributed by atoms with Gasteiger partial charge < -0.3 is 81.7 Å². The molecule has 0 saturated carbocycles. The van der Waals surface area contributed by atoms with E-state index >= 15 is 0 Å². The van der Waals surface area contributed by atoms with Crippen molar-refractivity contribution in [1.82, 2.24) is 0 Å². The van der Waals surface area contributed by atoms with Crippen LogP contribution < -0.4 is 17.2 Å². The highest BCUT2D eigenvalue weighted by Gasteiger charge is 2.92. The highest BCUT2D eigenvalue weighted by Crippen LogP contribution is 2.61. The van der Waals surface area contributed by atoms with Crippen LogP contribution in [0.1, 0.15) is 0 Å². The topological polar surface area (TPSA) is 320 Å². The molecule has 0 aromatic carbocycles. The van der Waals surface area contributed by atoms with Crippen molar-refractivity contribution in [2.75, 3.05) is 19.8 Å². The van der Waals surface area contributed by atoms with E-state index in [-0.39, 0.29) is 0 Å². The molecule has 4 rings (SSSR count). The quantitative estimate of drug-likeness (QED) is 0.128. The van der Waals surface area contributed by atoms with Crippen molar-refractivity contribution in [1.29, 1.82) is 0 Å². The molecule has 0 bridgehead atoms. The zero-order valence-corrected chi connectivity index (χ0v) is 20.0. The Morgan fingerprint density at radius 2 is 1.30 bits per heavy atom. The number of aliphatic hydroxyl groups is 8. The minimum absolute atomic E-state index is 0.702. The van der Waals surface area contributed by atoms with Gasteiger partial charge in [0.25, 0.3) is 0 Å². The summed E-state index contributed by atoms with van der Waals surface area (Å²) < 4.78 is 51.8. The first-order valence-electron chi connectivity index (χ1n) is 11.3. The third-order valence-corrected chi connectivity index (χ3v) is 9.94. The lowest BCUT2D eigenvalue weighted by Gasteiger charge is -2.48. The van der Waals surface area contributed by atoms with Crippen LogP contribution in [0.4, 0.5) is 0 Å². The largest absolute Gasteiger partial charge is 0.394 e. The summed E-state index contributed by atoms with van der Waals surface area (Å²) >= 11 is 0. The Kier molecular flexibility index (Phi) is 7.96. The number of rotatable bonds is 7. The fourth-order valence-electron chi connectivity index (χ4n) is 4.96. The molecular weight excluding hydrogens is 530 g/mol. The lowest BCUT2D eigenvalue weighted by Crippen LogP contribution is -2.69. The molecule has 14 N–H and O–H groups in total. The Hall–Kier alpha value is -0.690. The molecule has 0 amide bonds. The van der Waals surface area contributed by atoms with E-state index in [1.807, 2.05) is 0 Å². The summed E-state index contributed by atoms with van der Waals surface area (Å²) in [4.78, 5) is -5.50. The number of hydrogen-bond acceptors (Lipinski definition) is 18. The minimum atomic E-state index is -4.59. The Labute approximate surface area is 209 Å². The average molecular weight is 564 g/mol. The first kappa shape index (κ1) is 29.3. The molecule has 4 heterocycles. The summed E-state index contributed by atoms with van der Waals surface area (Å²) in [6.45, 7) is -2.77. The SMILES string of the molecule is N[C@H]1[C@@H](OC2[C@@H](CO)O[C@@H](OC3[C@@H](CO)O[C@@H](O)[C@H](N)[C@H]3O)[C@H](N)[C@H]2O)O[C@@]2(CO)[C@](O)([C@@H]1O)S2(=O)=O. The van der Waals surface area contributed by atoms with Crippen molar-refractivity contribution in [3.8, 4) is 0 Å². The second kappa shape index (κ2) is 10.1. The normalized spacial score (nSPS) is 55.5. The Balaban J connectivity index is 1.50. The van der Waals surface area contributed by atoms with Crippen molar-refractivity contribution >= 4 is 9.84 Å². The fraction of sp³-hybridized carbons (Fsp3) is 1.00. The number of fused-ring (bicyclic) bond motifs is 1. The highest BCUT2D eigenvalue weighted by molar-refractivity contribution is 8.01. The summed E-state index contributed by atoms with van der Waals surface area (Å²) in [5.41, 5.74) is 17.5. The number of ether oxygens (including phenoxy) is 5. The second-order valence-corrected chi connectivity index (χ2v) is 11.7. The Bertz CT molecular complexity index is 943. The van der Waals surface area contributed by atoms with Gasteiger partial charge in [-0.1, -0.05) is 0 Å². The van der Waals surface area contributed by atoms with E-state index in [4.69, 9.17) is 40.9 Å². The smallest absolute Gasteiger partial charge is 0.243 e. The number of hydrogen-bond donors (Lipinski definition) is 11. The molecule has 0 aromatic heterocycles. The first-order chi connectivity index (χ1) is 17.2. The van der Waals surface area contributed by atoms with E-state index in [9.17, 15) is 49.3 Å². The molecule has 18 nitrogen and oxygen atoms in total. The number of aliphatic hydroxyl groups excluding tert-OH is 7. The summed E-state index contributed by atoms with van der Waals surface area (Å²) in [5.74, 6) is 0. The average Bonchev–Trinajstić information content (AvgIpc) is 3.27. The van der Waals surface area contributed by atoms with E-state index in [1.54, 1.807) is 0 Å². The van der Waals surface area contributed by atoms with Gasteiger partial charge in [-0.05, 0) is 0 Å². The van der Waals surface area contributed by atoms with Crippen LogP contribution in [0.2, 0.25) is 0 Å². The maximum atomic E-state index is 12.3. The van der Waals surface area contributed by atoms with Crippen LogP contribution in [-0.4, -0.2) is 159 Å². The van der Waals surface area contributed by atoms with Gasteiger partial charge >= 0.3 is 0 Å². The van der Waals surface area contributed by atoms with E-state index in [1.165, 1.54) is 0 Å². The maximum Gasteiger partial charge on any atom is 0.243 e. The van der Waals surface area contributed by atoms with Crippen molar-refractivity contribution in [2.45, 2.75) is 89.6 Å². The van der Waals surface area contributed by atoms with Gasteiger partial charge in [0, 0.05) is 0 Å². The van der Waals surface area contributed by atoms with Gasteiger partial charge in [-0.25, -0.2) is 8.42 Å². The minimum Gasteiger partial charge on any atom is -0.394 e. The summed E-state index contributed by atoms with van der Waals surface area (Å²) in [6.07, 6.45) is -16.0. The zero-order chi connectivity index (χ0) is 27.7. The summed E-state index contributed by atoms with van der Waals surface area (Å²) in [5, 5.41) is 80.8. The predicted octanol–water partition coefficient (Wildman–Crippen LogP) is -8.59. The molecule has 4 fully saturated rings. The third-order valence-electron chi connectivity index (χ3n) is 7.35. The lowest BCUT2D eigenvalue weighted by atomic mass is 9.94. The van der Waals surface area contributed by atoms with Gasteiger partial charge in [-0.2, -0.15) is 0 Å². The summed E-state index contributed by atoms with van der Waals surface area (Å²) in [6, 6.07) is -4.47. The van der Waals surface area contributed by atoms with Gasteiger partial charge in [-0.15, -0.1) is 0 Å². The van der Waals surface area contributed by atoms with Crippen LogP contribution in [0.25, 0.3) is 0 Å². The van der Waals surface area contributed by atoms with Gasteiger partial charge in [0.1, 0.15) is 42.7 Å². The first-order valence-corrected chi connectivity index (χ1v) is 12.8. The standard InChI is InChI=1S/C18H33N3O15S/c19-6-9(25)11(4(1-22)32-14(6)28)34-15-7(20)10(26)12(5(2-23)33-15)35-16-8(21)13(27)18(29)17(3-24,36-16)37(18,30)31/h4-16,22-29H,1-3,19-21H2/t4-,5-,6-,7-,8-,9-,10-,11?,12?,13-,14-,15+,16+,17-,18+/m1/s1. The van der Waals surface area contributed by atoms with Crippen molar-refractivity contribution < 1.29 is 73.0 Å². The molecule has 37 heavy (non-hydrogen) atoms. The van der Waals surface area contributed by atoms with E-state index in [2.05, 4.69) is 0 Å². The van der Waals surface area contributed by atoms with Crippen LogP contribution in [0.15, 0.2) is 0 Å². The number of nitrogens with two attached hydrogens (primary N) is 3. The predicted molar refractivity (Wildman–Crippen MR) is 114 cm³/mol. The molecule has 0 aromatic rings. The third kappa shape index (κ3) is 4.05. The molecule has 0 aliphatic carbocycles. The zero-order valence-electron chi connectivity index (χ0n) is 19.2. The van der Waals surface area contributed by atoms with Crippen LogP contribution in [0, 0.1) is 0 Å². The van der Waals surface area contributed by atoms with Gasteiger partial charge in [-0.3, -0.25) is 0 Å². The molecule has 19 heteroatoms. The fourth-order valence-corrected chi connectivity index (χ4v) is 7.14. The van der Waals surface area contributed by atoms with Crippen LogP contribution >= 0.6 is 0 Å². The van der Waals surface area contributed by atoms with Crippen LogP contribution in [-0.2, 0) is 33.5 Å². The number of sulfone groups is 1. The Morgan fingerprint density at radius 3 is 1.84 bits per heavy atom. The monoisotopic (exact) mass is 563 g/mol. The van der Waals surface area contributed by atoms with E-state index < -0.39 is 119 Å². The lowest BCUT2D eigenvalue weighted by molar-refractivity contribution is -0.348. The molecule has 0 radical (unpaired) electrons.